The molecule has 0 spiro atoms. The van der Waals surface area contributed by atoms with Gasteiger partial charge in [-0.15, -0.1) is 0 Å². The van der Waals surface area contributed by atoms with E-state index in [-0.39, 0.29) is 6.54 Å². The maximum absolute atomic E-state index is 12.6. The van der Waals surface area contributed by atoms with E-state index < -0.39 is 29.7 Å². The summed E-state index contributed by atoms with van der Waals surface area (Å²) < 4.78 is 5.10. The van der Waals surface area contributed by atoms with E-state index in [1.165, 1.54) is 22.3 Å². The van der Waals surface area contributed by atoms with Gasteiger partial charge in [0.15, 0.2) is 0 Å². The molecule has 158 valence electrons. The number of anilines is 1. The van der Waals surface area contributed by atoms with Crippen LogP contribution in [0.25, 0.3) is 0 Å². The average molecular weight is 403 g/mol. The lowest BCUT2D eigenvalue weighted by Crippen LogP contribution is -2.50. The average Bonchev–Trinajstić information content (AvgIpc) is 3.25. The van der Waals surface area contributed by atoms with Gasteiger partial charge in [-0.3, -0.25) is 0 Å². The van der Waals surface area contributed by atoms with Gasteiger partial charge in [-0.2, -0.15) is 0 Å². The normalized spacial score (nSPS) is 15.8. The van der Waals surface area contributed by atoms with E-state index >= 15 is 0 Å². The summed E-state index contributed by atoms with van der Waals surface area (Å²) in [6, 6.07) is 0.406. The van der Waals surface area contributed by atoms with Crippen LogP contribution in [0.5, 0.6) is 0 Å². The van der Waals surface area contributed by atoms with E-state index in [0.29, 0.717) is 0 Å². The predicted octanol–water partition coefficient (Wildman–Crippen LogP) is 2.76. The highest BCUT2D eigenvalue weighted by Gasteiger charge is 2.27. The Labute approximate surface area is 170 Å². The van der Waals surface area contributed by atoms with Crippen molar-refractivity contribution in [2.75, 3.05) is 11.9 Å². The van der Waals surface area contributed by atoms with Crippen LogP contribution < -0.4 is 16.0 Å². The van der Waals surface area contributed by atoms with Crippen molar-refractivity contribution in [1.82, 2.24) is 10.6 Å². The number of hydrogen-bond acceptors (Lipinski definition) is 4. The minimum absolute atomic E-state index is 0.275. The summed E-state index contributed by atoms with van der Waals surface area (Å²) in [5.41, 5.74) is 5.04. The zero-order valence-corrected chi connectivity index (χ0v) is 17.2. The fourth-order valence-corrected chi connectivity index (χ4v) is 3.97. The Morgan fingerprint density at radius 2 is 1.66 bits per heavy atom. The smallest absolute Gasteiger partial charge is 0.407 e. The van der Waals surface area contributed by atoms with Crippen molar-refractivity contribution in [3.63, 3.8) is 0 Å². The Hall–Kier alpha value is -2.77. The summed E-state index contributed by atoms with van der Waals surface area (Å²) in [6.45, 7) is 4.86. The third-order valence-corrected chi connectivity index (χ3v) is 5.16. The molecule has 2 aliphatic rings. The predicted molar refractivity (Wildman–Crippen MR) is 108 cm³/mol. The van der Waals surface area contributed by atoms with Crippen LogP contribution in [0.3, 0.4) is 0 Å². The lowest BCUT2D eigenvalue weighted by molar-refractivity contribution is -0.139. The number of carboxylic acids is 1. The lowest BCUT2D eigenvalue weighted by atomic mass is 9.99. The number of aryl methyl sites for hydroxylation is 2. The van der Waals surface area contributed by atoms with Gasteiger partial charge < -0.3 is 25.8 Å². The summed E-state index contributed by atoms with van der Waals surface area (Å²) in [6.07, 6.45) is 5.25. The van der Waals surface area contributed by atoms with Gasteiger partial charge >= 0.3 is 18.1 Å². The highest BCUT2D eigenvalue weighted by atomic mass is 16.6. The maximum atomic E-state index is 12.6. The molecule has 29 heavy (non-hydrogen) atoms. The Kier molecular flexibility index (Phi) is 6.00. The zero-order chi connectivity index (χ0) is 21.2. The van der Waals surface area contributed by atoms with Crippen LogP contribution in [-0.4, -0.2) is 41.4 Å². The van der Waals surface area contributed by atoms with Gasteiger partial charge in [-0.25, -0.2) is 14.4 Å². The number of ether oxygens (including phenoxy) is 1. The van der Waals surface area contributed by atoms with Crippen molar-refractivity contribution >= 4 is 23.8 Å². The van der Waals surface area contributed by atoms with Crippen LogP contribution in [0.1, 0.15) is 55.9 Å². The molecule has 0 unspecified atom stereocenters. The van der Waals surface area contributed by atoms with E-state index in [1.807, 2.05) is 0 Å². The first-order valence-corrected chi connectivity index (χ1v) is 10.1. The molecule has 1 aromatic carbocycles. The monoisotopic (exact) mass is 403 g/mol. The Bertz CT molecular complexity index is 796. The van der Waals surface area contributed by atoms with Gasteiger partial charge in [0.1, 0.15) is 11.6 Å². The molecule has 0 aromatic heterocycles. The molecule has 3 rings (SSSR count). The molecule has 0 fully saturated rings. The van der Waals surface area contributed by atoms with Crippen LogP contribution in [0.2, 0.25) is 0 Å². The second-order valence-electron chi connectivity index (χ2n) is 8.61. The molecule has 4 N–H and O–H groups in total. The second-order valence-corrected chi connectivity index (χ2v) is 8.61. The molecule has 0 saturated heterocycles. The summed E-state index contributed by atoms with van der Waals surface area (Å²) >= 11 is 0. The SMILES string of the molecule is CC(C)(C)OC(=O)NC[C@@H](NC(=O)Nc1c2c(cc3c1CCC3)CCC2)C(=O)O. The number of nitrogens with one attached hydrogen (secondary N) is 3. The van der Waals surface area contributed by atoms with E-state index in [4.69, 9.17) is 4.74 Å². The maximum Gasteiger partial charge on any atom is 0.407 e. The molecule has 8 nitrogen and oxygen atoms in total. The number of alkyl carbamates (subject to hydrolysis) is 1. The van der Waals surface area contributed by atoms with E-state index in [0.717, 1.165) is 44.2 Å². The summed E-state index contributed by atoms with van der Waals surface area (Å²) in [7, 11) is 0. The van der Waals surface area contributed by atoms with Crippen LogP contribution in [-0.2, 0) is 35.2 Å². The van der Waals surface area contributed by atoms with Crippen molar-refractivity contribution in [3.8, 4) is 0 Å². The van der Waals surface area contributed by atoms with Gasteiger partial charge in [0.05, 0.1) is 6.54 Å². The van der Waals surface area contributed by atoms with Crippen LogP contribution >= 0.6 is 0 Å². The first-order valence-electron chi connectivity index (χ1n) is 10.1. The van der Waals surface area contributed by atoms with Crippen molar-refractivity contribution < 1.29 is 24.2 Å². The minimum Gasteiger partial charge on any atom is -0.480 e. The topological polar surface area (TPSA) is 117 Å². The Morgan fingerprint density at radius 1 is 1.07 bits per heavy atom. The van der Waals surface area contributed by atoms with Crippen molar-refractivity contribution in [2.24, 2.45) is 0 Å². The molecule has 1 aromatic rings. The van der Waals surface area contributed by atoms with Gasteiger partial charge in [-0.1, -0.05) is 6.07 Å². The van der Waals surface area contributed by atoms with Crippen molar-refractivity contribution in [3.05, 3.63) is 28.3 Å². The summed E-state index contributed by atoms with van der Waals surface area (Å²) in [5.74, 6) is -1.24. The van der Waals surface area contributed by atoms with Crippen LogP contribution in [0, 0.1) is 0 Å². The molecule has 0 aliphatic heterocycles. The van der Waals surface area contributed by atoms with Gasteiger partial charge in [0.25, 0.3) is 0 Å². The highest BCUT2D eigenvalue weighted by molar-refractivity contribution is 5.94. The third kappa shape index (κ3) is 5.19. The zero-order valence-electron chi connectivity index (χ0n) is 17.2. The number of urea groups is 1. The molecule has 0 radical (unpaired) electrons. The quantitative estimate of drug-likeness (QED) is 0.603. The number of carboxylic acid groups (broad SMARTS) is 1. The molecule has 0 saturated carbocycles. The Balaban J connectivity index is 1.65. The molecule has 0 bridgehead atoms. The molecule has 2 aliphatic carbocycles. The summed E-state index contributed by atoms with van der Waals surface area (Å²) in [4.78, 5) is 35.9. The molecule has 3 amide bonds. The minimum atomic E-state index is -1.27. The molecular weight excluding hydrogens is 374 g/mol. The standard InChI is InChI=1S/C21H29N3O5/c1-21(2,3)29-20(28)22-11-16(18(25)26)23-19(27)24-17-14-8-4-6-12(14)10-13-7-5-9-15(13)17/h10,16H,4-9,11H2,1-3H3,(H,22,28)(H,25,26)(H2,23,24,27)/t16-/m1/s1. The van der Waals surface area contributed by atoms with Gasteiger partial charge in [0.2, 0.25) is 0 Å². The third-order valence-electron chi connectivity index (χ3n) is 5.16. The molecule has 0 heterocycles. The Morgan fingerprint density at radius 3 is 2.17 bits per heavy atom. The second kappa shape index (κ2) is 8.31. The van der Waals surface area contributed by atoms with E-state index in [1.54, 1.807) is 20.8 Å². The fraction of sp³-hybridized carbons (Fsp3) is 0.571. The number of amides is 3. The van der Waals surface area contributed by atoms with Gasteiger partial charge in [-0.05, 0) is 81.5 Å². The van der Waals surface area contributed by atoms with E-state index in [9.17, 15) is 19.5 Å². The molecule has 1 atom stereocenters. The number of hydrogen-bond donors (Lipinski definition) is 4. The first kappa shape index (κ1) is 21.0. The lowest BCUT2D eigenvalue weighted by Gasteiger charge is -2.22. The van der Waals surface area contributed by atoms with Crippen LogP contribution in [0.15, 0.2) is 6.07 Å². The number of carbonyl (C=O) groups excluding carboxylic acids is 2. The number of carbonyl (C=O) groups is 3. The van der Waals surface area contributed by atoms with Crippen LogP contribution in [0.4, 0.5) is 15.3 Å². The van der Waals surface area contributed by atoms with Crippen molar-refractivity contribution in [1.29, 1.82) is 0 Å². The highest BCUT2D eigenvalue weighted by Crippen LogP contribution is 2.38. The number of fused-ring (bicyclic) bond motifs is 2. The largest absolute Gasteiger partial charge is 0.480 e. The van der Waals surface area contributed by atoms with E-state index in [2.05, 4.69) is 22.0 Å². The van der Waals surface area contributed by atoms with Crippen molar-refractivity contribution in [2.45, 2.75) is 70.9 Å². The first-order chi connectivity index (χ1) is 13.6. The fourth-order valence-electron chi connectivity index (χ4n) is 3.97. The number of aliphatic carboxylic acids is 1. The van der Waals surface area contributed by atoms with Gasteiger partial charge in [0, 0.05) is 5.69 Å². The summed E-state index contributed by atoms with van der Waals surface area (Å²) in [5, 5.41) is 17.1. The number of rotatable bonds is 5. The molecule has 8 heteroatoms. The number of benzene rings is 1. The molecular formula is C21H29N3O5.